The summed E-state index contributed by atoms with van der Waals surface area (Å²) in [5.41, 5.74) is 1.21. The van der Waals surface area contributed by atoms with Gasteiger partial charge in [-0.25, -0.2) is 0 Å². The first-order valence-electron chi connectivity index (χ1n) is 5.75. The average Bonchev–Trinajstić information content (AvgIpc) is 2.79. The molecule has 1 N–H and O–H groups in total. The molecule has 1 aromatic carbocycles. The van der Waals surface area contributed by atoms with Crippen molar-refractivity contribution in [3.05, 3.63) is 35.9 Å². The van der Waals surface area contributed by atoms with Crippen LogP contribution in [0.4, 0.5) is 0 Å². The molecule has 1 aromatic rings. The molecule has 4 heteroatoms. The molecule has 0 aromatic heterocycles. The van der Waals surface area contributed by atoms with Crippen molar-refractivity contribution in [1.82, 2.24) is 5.32 Å². The van der Waals surface area contributed by atoms with Crippen molar-refractivity contribution < 1.29 is 9.53 Å². The SMILES string of the molecule is CCOC(=O)[C@@H]1CNC[C@H]1c1ccccc1.Cl. The van der Waals surface area contributed by atoms with Crippen LogP contribution in [0.3, 0.4) is 0 Å². The van der Waals surface area contributed by atoms with Gasteiger partial charge in [-0.05, 0) is 12.5 Å². The number of esters is 1. The molecule has 1 fully saturated rings. The van der Waals surface area contributed by atoms with Gasteiger partial charge in [-0.3, -0.25) is 4.79 Å². The van der Waals surface area contributed by atoms with E-state index in [0.717, 1.165) is 13.1 Å². The lowest BCUT2D eigenvalue weighted by molar-refractivity contribution is -0.147. The van der Waals surface area contributed by atoms with Crippen LogP contribution in [0.2, 0.25) is 0 Å². The number of nitrogens with one attached hydrogen (secondary N) is 1. The first-order chi connectivity index (χ1) is 7.83. The Labute approximate surface area is 108 Å². The van der Waals surface area contributed by atoms with E-state index >= 15 is 0 Å². The molecule has 2 rings (SSSR count). The molecule has 1 heterocycles. The van der Waals surface area contributed by atoms with Gasteiger partial charge in [0, 0.05) is 19.0 Å². The van der Waals surface area contributed by atoms with E-state index in [-0.39, 0.29) is 30.2 Å². The van der Waals surface area contributed by atoms with E-state index in [4.69, 9.17) is 4.74 Å². The number of ether oxygens (including phenoxy) is 1. The Balaban J connectivity index is 0.00000144. The average molecular weight is 256 g/mol. The number of halogens is 1. The summed E-state index contributed by atoms with van der Waals surface area (Å²) < 4.78 is 5.10. The summed E-state index contributed by atoms with van der Waals surface area (Å²) in [6, 6.07) is 10.2. The third-order valence-electron chi connectivity index (χ3n) is 3.03. The summed E-state index contributed by atoms with van der Waals surface area (Å²) in [5, 5.41) is 3.26. The molecule has 0 spiro atoms. The number of carbonyl (C=O) groups is 1. The lowest BCUT2D eigenvalue weighted by Crippen LogP contribution is -2.24. The summed E-state index contributed by atoms with van der Waals surface area (Å²) in [6.07, 6.45) is 0. The second kappa shape index (κ2) is 6.62. The van der Waals surface area contributed by atoms with Crippen LogP contribution in [0.15, 0.2) is 30.3 Å². The Morgan fingerprint density at radius 3 is 2.71 bits per heavy atom. The molecule has 0 unspecified atom stereocenters. The van der Waals surface area contributed by atoms with E-state index < -0.39 is 0 Å². The van der Waals surface area contributed by atoms with E-state index in [1.54, 1.807) is 0 Å². The minimum atomic E-state index is -0.0821. The number of carbonyl (C=O) groups excluding carboxylic acids is 1. The highest BCUT2D eigenvalue weighted by molar-refractivity contribution is 5.85. The van der Waals surface area contributed by atoms with Crippen LogP contribution in [-0.2, 0) is 9.53 Å². The first-order valence-corrected chi connectivity index (χ1v) is 5.75. The van der Waals surface area contributed by atoms with Crippen LogP contribution in [0.25, 0.3) is 0 Å². The maximum Gasteiger partial charge on any atom is 0.310 e. The van der Waals surface area contributed by atoms with Crippen molar-refractivity contribution in [2.24, 2.45) is 5.92 Å². The number of hydrogen-bond acceptors (Lipinski definition) is 3. The van der Waals surface area contributed by atoms with Gasteiger partial charge in [-0.15, -0.1) is 12.4 Å². The topological polar surface area (TPSA) is 38.3 Å². The zero-order chi connectivity index (χ0) is 11.4. The molecule has 0 bridgehead atoms. The molecule has 0 radical (unpaired) electrons. The zero-order valence-corrected chi connectivity index (χ0v) is 10.7. The zero-order valence-electron chi connectivity index (χ0n) is 9.89. The smallest absolute Gasteiger partial charge is 0.310 e. The summed E-state index contributed by atoms with van der Waals surface area (Å²) in [4.78, 5) is 11.8. The highest BCUT2D eigenvalue weighted by Crippen LogP contribution is 2.28. The lowest BCUT2D eigenvalue weighted by atomic mass is 9.89. The number of hydrogen-bond donors (Lipinski definition) is 1. The van der Waals surface area contributed by atoms with Gasteiger partial charge >= 0.3 is 5.97 Å². The van der Waals surface area contributed by atoms with Crippen molar-refractivity contribution >= 4 is 18.4 Å². The fourth-order valence-electron chi connectivity index (χ4n) is 2.23. The minimum Gasteiger partial charge on any atom is -0.466 e. The number of benzene rings is 1. The monoisotopic (exact) mass is 255 g/mol. The third kappa shape index (κ3) is 3.20. The van der Waals surface area contributed by atoms with Crippen LogP contribution >= 0.6 is 12.4 Å². The van der Waals surface area contributed by atoms with Gasteiger partial charge in [-0.1, -0.05) is 30.3 Å². The molecular formula is C13H18ClNO2. The molecule has 1 saturated heterocycles. The fraction of sp³-hybridized carbons (Fsp3) is 0.462. The van der Waals surface area contributed by atoms with Crippen molar-refractivity contribution in [2.75, 3.05) is 19.7 Å². The molecule has 1 aliphatic rings. The number of rotatable bonds is 3. The second-order valence-corrected chi connectivity index (χ2v) is 4.03. The first kappa shape index (κ1) is 14.0. The van der Waals surface area contributed by atoms with Crippen molar-refractivity contribution in [3.63, 3.8) is 0 Å². The molecule has 94 valence electrons. The molecule has 0 saturated carbocycles. The van der Waals surface area contributed by atoms with Crippen molar-refractivity contribution in [2.45, 2.75) is 12.8 Å². The standard InChI is InChI=1S/C13H17NO2.ClH/c1-2-16-13(15)12-9-14-8-11(12)10-6-4-3-5-7-10;/h3-7,11-12,14H,2,8-9H2,1H3;1H/t11-,12+;/m0./s1. The summed E-state index contributed by atoms with van der Waals surface area (Å²) >= 11 is 0. The predicted octanol–water partition coefficient (Wildman–Crippen LogP) is 1.97. The Hall–Kier alpha value is -1.06. The normalized spacial score (nSPS) is 22.9. The van der Waals surface area contributed by atoms with Crippen LogP contribution in [0, 0.1) is 5.92 Å². The van der Waals surface area contributed by atoms with E-state index in [1.807, 2.05) is 25.1 Å². The van der Waals surface area contributed by atoms with Gasteiger partial charge in [0.15, 0.2) is 0 Å². The van der Waals surface area contributed by atoms with Crippen LogP contribution in [0.1, 0.15) is 18.4 Å². The predicted molar refractivity (Wildman–Crippen MR) is 69.4 cm³/mol. The highest BCUT2D eigenvalue weighted by Gasteiger charge is 2.34. The summed E-state index contributed by atoms with van der Waals surface area (Å²) in [6.45, 7) is 3.88. The van der Waals surface area contributed by atoms with Crippen molar-refractivity contribution in [3.8, 4) is 0 Å². The molecule has 17 heavy (non-hydrogen) atoms. The van der Waals surface area contributed by atoms with Gasteiger partial charge in [0.25, 0.3) is 0 Å². The molecule has 0 amide bonds. The van der Waals surface area contributed by atoms with E-state index in [9.17, 15) is 4.79 Å². The van der Waals surface area contributed by atoms with Crippen LogP contribution in [-0.4, -0.2) is 25.7 Å². The minimum absolute atomic E-state index is 0. The van der Waals surface area contributed by atoms with Gasteiger partial charge < -0.3 is 10.1 Å². The van der Waals surface area contributed by atoms with E-state index in [0.29, 0.717) is 6.61 Å². The Morgan fingerprint density at radius 1 is 1.35 bits per heavy atom. The van der Waals surface area contributed by atoms with Crippen LogP contribution in [0.5, 0.6) is 0 Å². The molecule has 2 atom stereocenters. The quantitative estimate of drug-likeness (QED) is 0.840. The lowest BCUT2D eigenvalue weighted by Gasteiger charge is -2.17. The molecular weight excluding hydrogens is 238 g/mol. The Morgan fingerprint density at radius 2 is 2.06 bits per heavy atom. The maximum atomic E-state index is 11.8. The van der Waals surface area contributed by atoms with Gasteiger partial charge in [0.2, 0.25) is 0 Å². The van der Waals surface area contributed by atoms with Gasteiger partial charge in [0.1, 0.15) is 0 Å². The van der Waals surface area contributed by atoms with E-state index in [1.165, 1.54) is 5.56 Å². The highest BCUT2D eigenvalue weighted by atomic mass is 35.5. The van der Waals surface area contributed by atoms with Crippen LogP contribution < -0.4 is 5.32 Å². The second-order valence-electron chi connectivity index (χ2n) is 4.03. The van der Waals surface area contributed by atoms with Crippen molar-refractivity contribution in [1.29, 1.82) is 0 Å². The Bertz CT molecular complexity index is 356. The summed E-state index contributed by atoms with van der Waals surface area (Å²) in [7, 11) is 0. The maximum absolute atomic E-state index is 11.8. The largest absolute Gasteiger partial charge is 0.466 e. The van der Waals surface area contributed by atoms with E-state index in [2.05, 4.69) is 17.4 Å². The summed E-state index contributed by atoms with van der Waals surface area (Å²) in [5.74, 6) is 0.129. The molecule has 0 aliphatic carbocycles. The fourth-order valence-corrected chi connectivity index (χ4v) is 2.23. The molecule has 3 nitrogen and oxygen atoms in total. The van der Waals surface area contributed by atoms with Gasteiger partial charge in [0.05, 0.1) is 12.5 Å². The molecule has 1 aliphatic heterocycles. The van der Waals surface area contributed by atoms with Gasteiger partial charge in [-0.2, -0.15) is 0 Å². The Kier molecular flexibility index (Phi) is 5.45. The third-order valence-corrected chi connectivity index (χ3v) is 3.03.